The van der Waals surface area contributed by atoms with Gasteiger partial charge in [-0.15, -0.1) is 23.1 Å². The number of thiophene rings is 1. The lowest BCUT2D eigenvalue weighted by Crippen LogP contribution is -2.60. The third-order valence-electron chi connectivity index (χ3n) is 4.99. The van der Waals surface area contributed by atoms with Gasteiger partial charge in [0.2, 0.25) is 0 Å². The van der Waals surface area contributed by atoms with Gasteiger partial charge in [0.05, 0.1) is 28.0 Å². The van der Waals surface area contributed by atoms with Gasteiger partial charge < -0.3 is 9.64 Å². The molecule has 0 radical (unpaired) electrons. The molecule has 2 fully saturated rings. The molecule has 4 nitrogen and oxygen atoms in total. The monoisotopic (exact) mass is 374 g/mol. The molecule has 2 saturated heterocycles. The summed E-state index contributed by atoms with van der Waals surface area (Å²) in [7, 11) is 0. The minimum absolute atomic E-state index is 0.185. The van der Waals surface area contributed by atoms with Gasteiger partial charge in [0.15, 0.2) is 0 Å². The van der Waals surface area contributed by atoms with Crippen molar-refractivity contribution in [2.45, 2.75) is 37.7 Å². The number of carbonyl (C=O) groups excluding carboxylic acids is 1. The standard InChI is InChI=1S/C19H22N2O2S2/c1-13-7-17(25-14(13)2)18(22)21-11-19(12-21)8-16(10-24-19)23-9-15-5-3-4-6-20-15/h3-7,16H,8-12H2,1-2H3. The molecule has 2 aromatic rings. The zero-order valence-electron chi connectivity index (χ0n) is 14.5. The Bertz CT molecular complexity index is 749. The molecule has 4 heterocycles. The van der Waals surface area contributed by atoms with Gasteiger partial charge in [0.25, 0.3) is 5.91 Å². The van der Waals surface area contributed by atoms with Crippen molar-refractivity contribution in [2.75, 3.05) is 18.8 Å². The third kappa shape index (κ3) is 3.48. The first-order chi connectivity index (χ1) is 12.0. The Labute approximate surface area is 156 Å². The summed E-state index contributed by atoms with van der Waals surface area (Å²) < 4.78 is 6.24. The van der Waals surface area contributed by atoms with E-state index in [-0.39, 0.29) is 16.8 Å². The fraction of sp³-hybridized carbons (Fsp3) is 0.474. The Kier molecular flexibility index (Phi) is 4.60. The van der Waals surface area contributed by atoms with E-state index >= 15 is 0 Å². The Morgan fingerprint density at radius 1 is 1.40 bits per heavy atom. The highest BCUT2D eigenvalue weighted by atomic mass is 32.2. The molecule has 2 aliphatic heterocycles. The summed E-state index contributed by atoms with van der Waals surface area (Å²) in [5.74, 6) is 1.19. The number of aromatic nitrogens is 1. The van der Waals surface area contributed by atoms with E-state index in [4.69, 9.17) is 4.74 Å². The molecule has 1 atom stereocenters. The number of carbonyl (C=O) groups is 1. The molecule has 1 spiro atoms. The van der Waals surface area contributed by atoms with Crippen molar-refractivity contribution in [3.63, 3.8) is 0 Å². The van der Waals surface area contributed by atoms with Gasteiger partial charge in [-0.2, -0.15) is 0 Å². The van der Waals surface area contributed by atoms with E-state index in [9.17, 15) is 4.79 Å². The number of rotatable bonds is 4. The second kappa shape index (κ2) is 6.74. The molecule has 2 aromatic heterocycles. The SMILES string of the molecule is Cc1cc(C(=O)N2CC3(CC(OCc4ccccn4)CS3)C2)sc1C. The fourth-order valence-electron chi connectivity index (χ4n) is 3.44. The Balaban J connectivity index is 1.29. The van der Waals surface area contributed by atoms with Crippen LogP contribution < -0.4 is 0 Å². The smallest absolute Gasteiger partial charge is 0.264 e. The van der Waals surface area contributed by atoms with Crippen molar-refractivity contribution in [3.05, 3.63) is 51.5 Å². The molecular weight excluding hydrogens is 352 g/mol. The summed E-state index contributed by atoms with van der Waals surface area (Å²) in [6, 6.07) is 7.92. The molecule has 4 rings (SSSR count). The largest absolute Gasteiger partial charge is 0.371 e. The third-order valence-corrected chi connectivity index (χ3v) is 7.71. The van der Waals surface area contributed by atoms with Crippen LogP contribution in [0.4, 0.5) is 0 Å². The van der Waals surface area contributed by atoms with E-state index in [1.807, 2.05) is 40.9 Å². The van der Waals surface area contributed by atoms with Crippen molar-refractivity contribution in [2.24, 2.45) is 0 Å². The first kappa shape index (κ1) is 17.1. The molecule has 6 heteroatoms. The van der Waals surface area contributed by atoms with Crippen LogP contribution in [0.25, 0.3) is 0 Å². The second-order valence-corrected chi connectivity index (χ2v) is 9.71. The van der Waals surface area contributed by atoms with Crippen LogP contribution in [0.3, 0.4) is 0 Å². The Morgan fingerprint density at radius 2 is 2.24 bits per heavy atom. The number of nitrogens with zero attached hydrogens (tertiary/aromatic N) is 2. The van der Waals surface area contributed by atoms with Gasteiger partial charge in [0.1, 0.15) is 0 Å². The fourth-order valence-corrected chi connectivity index (χ4v) is 6.00. The van der Waals surface area contributed by atoms with Crippen LogP contribution in [-0.4, -0.2) is 45.5 Å². The summed E-state index contributed by atoms with van der Waals surface area (Å²) in [4.78, 5) is 21.0. The minimum Gasteiger partial charge on any atom is -0.371 e. The first-order valence-electron chi connectivity index (χ1n) is 8.56. The number of hydrogen-bond donors (Lipinski definition) is 0. The molecule has 0 aromatic carbocycles. The number of hydrogen-bond acceptors (Lipinski definition) is 5. The highest BCUT2D eigenvalue weighted by Gasteiger charge is 2.51. The van der Waals surface area contributed by atoms with E-state index in [1.54, 1.807) is 17.5 Å². The van der Waals surface area contributed by atoms with E-state index in [0.29, 0.717) is 6.61 Å². The summed E-state index contributed by atoms with van der Waals surface area (Å²) in [6.07, 6.45) is 3.08. The number of ether oxygens (including phenoxy) is 1. The van der Waals surface area contributed by atoms with Crippen LogP contribution in [0, 0.1) is 13.8 Å². The van der Waals surface area contributed by atoms with E-state index < -0.39 is 0 Å². The summed E-state index contributed by atoms with van der Waals surface area (Å²) in [6.45, 7) is 6.39. The average Bonchev–Trinajstić information content (AvgIpc) is 3.16. The van der Waals surface area contributed by atoms with Crippen LogP contribution in [0.5, 0.6) is 0 Å². The van der Waals surface area contributed by atoms with Crippen molar-refractivity contribution in [1.29, 1.82) is 0 Å². The molecule has 1 unspecified atom stereocenters. The number of amides is 1. The minimum atomic E-state index is 0.185. The lowest BCUT2D eigenvalue weighted by molar-refractivity contribution is 0.0247. The lowest BCUT2D eigenvalue weighted by Gasteiger charge is -2.47. The topological polar surface area (TPSA) is 42.4 Å². The highest BCUT2D eigenvalue weighted by Crippen LogP contribution is 2.46. The number of likely N-dealkylation sites (tertiary alicyclic amines) is 1. The van der Waals surface area contributed by atoms with Crippen molar-refractivity contribution in [1.82, 2.24) is 9.88 Å². The van der Waals surface area contributed by atoms with Crippen molar-refractivity contribution >= 4 is 29.0 Å². The maximum Gasteiger partial charge on any atom is 0.264 e. The maximum absolute atomic E-state index is 12.6. The normalized spacial score (nSPS) is 21.5. The molecule has 0 N–H and O–H groups in total. The lowest BCUT2D eigenvalue weighted by atomic mass is 9.92. The average molecular weight is 375 g/mol. The quantitative estimate of drug-likeness (QED) is 0.819. The Hall–Kier alpha value is -1.37. The molecule has 1 amide bonds. The maximum atomic E-state index is 12.6. The summed E-state index contributed by atoms with van der Waals surface area (Å²) in [5, 5.41) is 0. The van der Waals surface area contributed by atoms with E-state index in [1.165, 1.54) is 10.4 Å². The van der Waals surface area contributed by atoms with Crippen molar-refractivity contribution < 1.29 is 9.53 Å². The van der Waals surface area contributed by atoms with E-state index in [2.05, 4.69) is 18.8 Å². The summed E-state index contributed by atoms with van der Waals surface area (Å²) >= 11 is 3.57. The van der Waals surface area contributed by atoms with Gasteiger partial charge in [-0.1, -0.05) is 6.07 Å². The molecule has 132 valence electrons. The van der Waals surface area contributed by atoms with Gasteiger partial charge in [-0.25, -0.2) is 0 Å². The molecule has 0 saturated carbocycles. The number of pyridine rings is 1. The van der Waals surface area contributed by atoms with Crippen LogP contribution >= 0.6 is 23.1 Å². The Morgan fingerprint density at radius 3 is 2.92 bits per heavy atom. The van der Waals surface area contributed by atoms with Crippen LogP contribution in [-0.2, 0) is 11.3 Å². The second-order valence-electron chi connectivity index (χ2n) is 6.96. The number of aryl methyl sites for hydroxylation is 2. The summed E-state index contributed by atoms with van der Waals surface area (Å²) in [5.41, 5.74) is 2.18. The van der Waals surface area contributed by atoms with Crippen LogP contribution in [0.1, 0.15) is 32.2 Å². The predicted octanol–water partition coefficient (Wildman–Crippen LogP) is 3.68. The van der Waals surface area contributed by atoms with Gasteiger partial charge >= 0.3 is 0 Å². The predicted molar refractivity (Wildman–Crippen MR) is 102 cm³/mol. The van der Waals surface area contributed by atoms with Gasteiger partial charge in [-0.05, 0) is 44.0 Å². The van der Waals surface area contributed by atoms with Crippen molar-refractivity contribution in [3.8, 4) is 0 Å². The first-order valence-corrected chi connectivity index (χ1v) is 10.4. The molecular formula is C19H22N2O2S2. The number of thioether (sulfide) groups is 1. The van der Waals surface area contributed by atoms with Crippen LogP contribution in [0.15, 0.2) is 30.5 Å². The molecule has 0 bridgehead atoms. The molecule has 2 aliphatic rings. The highest BCUT2D eigenvalue weighted by molar-refractivity contribution is 8.01. The van der Waals surface area contributed by atoms with Gasteiger partial charge in [0, 0.05) is 29.9 Å². The molecule has 25 heavy (non-hydrogen) atoms. The van der Waals surface area contributed by atoms with Crippen LogP contribution in [0.2, 0.25) is 0 Å². The zero-order valence-corrected chi connectivity index (χ0v) is 16.2. The zero-order chi connectivity index (χ0) is 17.4. The van der Waals surface area contributed by atoms with E-state index in [0.717, 1.165) is 35.8 Å². The van der Waals surface area contributed by atoms with Gasteiger partial charge in [-0.3, -0.25) is 9.78 Å². The molecule has 0 aliphatic carbocycles.